The lowest BCUT2D eigenvalue weighted by atomic mass is 10.1. The Bertz CT molecular complexity index is 461. The Labute approximate surface area is 88.9 Å². The number of nitrogens with two attached hydrogens (primary N) is 1. The Kier molecular flexibility index (Phi) is 2.23. The molecule has 0 saturated carbocycles. The first kappa shape index (κ1) is 9.77. The van der Waals surface area contributed by atoms with Crippen molar-refractivity contribution in [3.8, 4) is 11.5 Å². The summed E-state index contributed by atoms with van der Waals surface area (Å²) >= 11 is 0. The molecule has 3 heteroatoms. The van der Waals surface area contributed by atoms with Crippen LogP contribution >= 0.6 is 0 Å². The third-order valence-corrected chi connectivity index (χ3v) is 2.38. The van der Waals surface area contributed by atoms with Crippen molar-refractivity contribution in [3.63, 3.8) is 0 Å². The number of aromatic nitrogens is 1. The lowest BCUT2D eigenvalue weighted by Crippen LogP contribution is -1.88. The van der Waals surface area contributed by atoms with E-state index in [1.807, 2.05) is 39.0 Å². The predicted molar refractivity (Wildman–Crippen MR) is 60.6 cm³/mol. The van der Waals surface area contributed by atoms with Crippen LogP contribution in [0.1, 0.15) is 17.0 Å². The van der Waals surface area contributed by atoms with Crippen LogP contribution in [-0.2, 0) is 0 Å². The van der Waals surface area contributed by atoms with E-state index in [0.29, 0.717) is 5.89 Å². The Morgan fingerprint density at radius 2 is 1.87 bits per heavy atom. The highest BCUT2D eigenvalue weighted by molar-refractivity contribution is 5.61. The van der Waals surface area contributed by atoms with E-state index >= 15 is 0 Å². The molecule has 0 amide bonds. The highest BCUT2D eigenvalue weighted by Gasteiger charge is 2.08. The van der Waals surface area contributed by atoms with Crippen molar-refractivity contribution in [3.05, 3.63) is 35.2 Å². The predicted octanol–water partition coefficient (Wildman–Crippen LogP) is 2.85. The summed E-state index contributed by atoms with van der Waals surface area (Å²) in [6, 6.07) is 5.81. The second kappa shape index (κ2) is 3.42. The molecule has 78 valence electrons. The summed E-state index contributed by atoms with van der Waals surface area (Å²) in [5.41, 5.74) is 9.47. The van der Waals surface area contributed by atoms with Crippen LogP contribution in [0.3, 0.4) is 0 Å². The van der Waals surface area contributed by atoms with E-state index in [1.54, 1.807) is 0 Å². The van der Waals surface area contributed by atoms with Crippen LogP contribution in [0.5, 0.6) is 0 Å². The first-order valence-electron chi connectivity index (χ1n) is 4.88. The van der Waals surface area contributed by atoms with E-state index in [-0.39, 0.29) is 0 Å². The van der Waals surface area contributed by atoms with Crippen molar-refractivity contribution in [2.24, 2.45) is 0 Å². The molecule has 1 heterocycles. The fraction of sp³-hybridized carbons (Fsp3) is 0.250. The molecule has 0 saturated heterocycles. The lowest BCUT2D eigenvalue weighted by molar-refractivity contribution is 0.541. The maximum absolute atomic E-state index is 5.77. The fourth-order valence-electron chi connectivity index (χ4n) is 1.53. The smallest absolute Gasteiger partial charge is 0.226 e. The zero-order valence-corrected chi connectivity index (χ0v) is 9.16. The van der Waals surface area contributed by atoms with Gasteiger partial charge in [0.2, 0.25) is 5.89 Å². The molecule has 0 aliphatic carbocycles. The van der Waals surface area contributed by atoms with Crippen LogP contribution in [0.2, 0.25) is 0 Å². The highest BCUT2D eigenvalue weighted by atomic mass is 16.4. The molecule has 1 aromatic heterocycles. The molecule has 2 rings (SSSR count). The van der Waals surface area contributed by atoms with Crippen molar-refractivity contribution in [2.75, 3.05) is 5.73 Å². The zero-order valence-electron chi connectivity index (χ0n) is 9.16. The Morgan fingerprint density at radius 3 is 2.40 bits per heavy atom. The molecule has 0 aliphatic rings. The number of anilines is 1. The van der Waals surface area contributed by atoms with Gasteiger partial charge < -0.3 is 10.2 Å². The largest absolute Gasteiger partial charge is 0.441 e. The molecule has 0 bridgehead atoms. The van der Waals surface area contributed by atoms with Crippen molar-refractivity contribution < 1.29 is 4.42 Å². The van der Waals surface area contributed by atoms with Gasteiger partial charge in [-0.05, 0) is 44.5 Å². The van der Waals surface area contributed by atoms with Gasteiger partial charge in [0, 0.05) is 11.3 Å². The van der Waals surface area contributed by atoms with Crippen LogP contribution in [0.15, 0.2) is 22.6 Å². The average molecular weight is 202 g/mol. The van der Waals surface area contributed by atoms with Gasteiger partial charge in [0.1, 0.15) is 5.76 Å². The van der Waals surface area contributed by atoms with E-state index in [4.69, 9.17) is 10.2 Å². The lowest BCUT2D eigenvalue weighted by Gasteiger charge is -2.00. The summed E-state index contributed by atoms with van der Waals surface area (Å²) < 4.78 is 5.54. The number of oxazole rings is 1. The van der Waals surface area contributed by atoms with E-state index < -0.39 is 0 Å². The molecule has 2 N–H and O–H groups in total. The standard InChI is InChI=1S/C12H14N2O/c1-7-4-10(6-11(13)5-7)12-14-8(2)9(3)15-12/h4-6H,13H2,1-3H3. The normalized spacial score (nSPS) is 10.6. The van der Waals surface area contributed by atoms with Gasteiger partial charge in [0.15, 0.2) is 0 Å². The molecule has 0 atom stereocenters. The third kappa shape index (κ3) is 1.86. The number of aryl methyl sites for hydroxylation is 3. The molecule has 15 heavy (non-hydrogen) atoms. The summed E-state index contributed by atoms with van der Waals surface area (Å²) in [4.78, 5) is 4.34. The summed E-state index contributed by atoms with van der Waals surface area (Å²) in [5, 5.41) is 0. The van der Waals surface area contributed by atoms with Gasteiger partial charge in [-0.25, -0.2) is 4.98 Å². The van der Waals surface area contributed by atoms with Crippen LogP contribution < -0.4 is 5.73 Å². The summed E-state index contributed by atoms with van der Waals surface area (Å²) in [6.45, 7) is 5.84. The fourth-order valence-corrected chi connectivity index (χ4v) is 1.53. The maximum atomic E-state index is 5.77. The first-order valence-corrected chi connectivity index (χ1v) is 4.88. The molecule has 2 aromatic rings. The van der Waals surface area contributed by atoms with E-state index in [0.717, 1.165) is 28.3 Å². The van der Waals surface area contributed by atoms with Gasteiger partial charge >= 0.3 is 0 Å². The minimum absolute atomic E-state index is 0.639. The Hall–Kier alpha value is -1.77. The molecule has 0 spiro atoms. The Morgan fingerprint density at radius 1 is 1.13 bits per heavy atom. The molecule has 0 radical (unpaired) electrons. The van der Waals surface area contributed by atoms with E-state index in [1.165, 1.54) is 0 Å². The van der Waals surface area contributed by atoms with Crippen molar-refractivity contribution >= 4 is 5.69 Å². The quantitative estimate of drug-likeness (QED) is 0.723. The highest BCUT2D eigenvalue weighted by Crippen LogP contribution is 2.24. The molecule has 1 aromatic carbocycles. The van der Waals surface area contributed by atoms with Crippen LogP contribution in [-0.4, -0.2) is 4.98 Å². The number of nitrogen functional groups attached to an aromatic ring is 1. The van der Waals surface area contributed by atoms with Crippen molar-refractivity contribution in [2.45, 2.75) is 20.8 Å². The Balaban J connectivity index is 2.53. The molecular formula is C12H14N2O. The third-order valence-electron chi connectivity index (χ3n) is 2.38. The first-order chi connectivity index (χ1) is 7.06. The minimum atomic E-state index is 0.639. The molecule has 0 fully saturated rings. The topological polar surface area (TPSA) is 52.0 Å². The number of hydrogen-bond donors (Lipinski definition) is 1. The van der Waals surface area contributed by atoms with Gasteiger partial charge in [-0.2, -0.15) is 0 Å². The number of rotatable bonds is 1. The maximum Gasteiger partial charge on any atom is 0.226 e. The summed E-state index contributed by atoms with van der Waals surface area (Å²) in [6.07, 6.45) is 0. The van der Waals surface area contributed by atoms with Crippen LogP contribution in [0, 0.1) is 20.8 Å². The van der Waals surface area contributed by atoms with Crippen LogP contribution in [0.25, 0.3) is 11.5 Å². The van der Waals surface area contributed by atoms with Crippen molar-refractivity contribution in [1.82, 2.24) is 4.98 Å². The number of hydrogen-bond acceptors (Lipinski definition) is 3. The second-order valence-corrected chi connectivity index (χ2v) is 3.79. The van der Waals surface area contributed by atoms with E-state index in [9.17, 15) is 0 Å². The second-order valence-electron chi connectivity index (χ2n) is 3.79. The zero-order chi connectivity index (χ0) is 11.0. The van der Waals surface area contributed by atoms with E-state index in [2.05, 4.69) is 4.98 Å². The van der Waals surface area contributed by atoms with Gasteiger partial charge in [-0.15, -0.1) is 0 Å². The molecular weight excluding hydrogens is 188 g/mol. The molecule has 3 nitrogen and oxygen atoms in total. The summed E-state index contributed by atoms with van der Waals surface area (Å²) in [7, 11) is 0. The van der Waals surface area contributed by atoms with Gasteiger partial charge in [0.25, 0.3) is 0 Å². The summed E-state index contributed by atoms with van der Waals surface area (Å²) in [5.74, 6) is 1.49. The number of benzene rings is 1. The minimum Gasteiger partial charge on any atom is -0.441 e. The van der Waals surface area contributed by atoms with Gasteiger partial charge in [0.05, 0.1) is 5.69 Å². The number of nitrogens with zero attached hydrogens (tertiary/aromatic N) is 1. The van der Waals surface area contributed by atoms with Gasteiger partial charge in [-0.3, -0.25) is 0 Å². The van der Waals surface area contributed by atoms with Crippen LogP contribution in [0.4, 0.5) is 5.69 Å². The van der Waals surface area contributed by atoms with Crippen molar-refractivity contribution in [1.29, 1.82) is 0 Å². The monoisotopic (exact) mass is 202 g/mol. The molecule has 0 unspecified atom stereocenters. The SMILES string of the molecule is Cc1cc(N)cc(-c2nc(C)c(C)o2)c1. The molecule has 0 aliphatic heterocycles. The van der Waals surface area contributed by atoms with Gasteiger partial charge in [-0.1, -0.05) is 0 Å². The average Bonchev–Trinajstić information content (AvgIpc) is 2.45.